The van der Waals surface area contributed by atoms with E-state index in [1.807, 2.05) is 32.0 Å². The minimum absolute atomic E-state index is 0.929. The lowest BCUT2D eigenvalue weighted by Gasteiger charge is -1.95. The van der Waals surface area contributed by atoms with Crippen LogP contribution in [0.5, 0.6) is 0 Å². The second-order valence-electron chi connectivity index (χ2n) is 3.00. The molecule has 2 rings (SSSR count). The van der Waals surface area contributed by atoms with Gasteiger partial charge in [0.05, 0.1) is 17.1 Å². The molecule has 3 nitrogen and oxygen atoms in total. The Balaban J connectivity index is 2.53. The fourth-order valence-electron chi connectivity index (χ4n) is 1.37. The second-order valence-corrected chi connectivity index (χ2v) is 3.00. The molecule has 66 valence electrons. The number of H-pyrrole nitrogens is 1. The molecule has 0 amide bonds. The Hall–Kier alpha value is -1.64. The molecule has 0 aliphatic heterocycles. The summed E-state index contributed by atoms with van der Waals surface area (Å²) in [5, 5.41) is 0. The van der Waals surface area contributed by atoms with Gasteiger partial charge in [-0.05, 0) is 26.0 Å². The van der Waals surface area contributed by atoms with Crippen LogP contribution in [0.1, 0.15) is 11.5 Å². The zero-order valence-electron chi connectivity index (χ0n) is 7.70. The van der Waals surface area contributed by atoms with Gasteiger partial charge in [0.2, 0.25) is 0 Å². The van der Waals surface area contributed by atoms with Crippen LogP contribution in [0, 0.1) is 13.8 Å². The molecule has 3 heteroatoms. The number of hydrogen-bond acceptors (Lipinski definition) is 2. The smallest absolute Gasteiger partial charge is 0.103 e. The number of rotatable bonds is 1. The summed E-state index contributed by atoms with van der Waals surface area (Å²) < 4.78 is 0. The van der Waals surface area contributed by atoms with E-state index in [0.717, 1.165) is 22.9 Å². The fourth-order valence-corrected chi connectivity index (χ4v) is 1.37. The van der Waals surface area contributed by atoms with E-state index in [2.05, 4.69) is 15.0 Å². The normalized spacial score (nSPS) is 10.3. The molecule has 1 N–H and O–H groups in total. The maximum Gasteiger partial charge on any atom is 0.103 e. The molecule has 2 aromatic heterocycles. The highest BCUT2D eigenvalue weighted by molar-refractivity contribution is 5.56. The molecule has 2 heterocycles. The predicted octanol–water partition coefficient (Wildman–Crippen LogP) is 2.09. The Labute approximate surface area is 76.9 Å². The van der Waals surface area contributed by atoms with Crippen LogP contribution in [0.4, 0.5) is 0 Å². The van der Waals surface area contributed by atoms with E-state index >= 15 is 0 Å². The average molecular weight is 173 g/mol. The summed E-state index contributed by atoms with van der Waals surface area (Å²) in [6.07, 6.45) is 1.78. The van der Waals surface area contributed by atoms with Gasteiger partial charge in [-0.25, -0.2) is 4.98 Å². The molecular weight excluding hydrogens is 162 g/mol. The van der Waals surface area contributed by atoms with Gasteiger partial charge in [-0.2, -0.15) is 0 Å². The van der Waals surface area contributed by atoms with Gasteiger partial charge in [-0.15, -0.1) is 0 Å². The zero-order chi connectivity index (χ0) is 9.26. The van der Waals surface area contributed by atoms with E-state index in [1.54, 1.807) is 6.20 Å². The summed E-state index contributed by atoms with van der Waals surface area (Å²) >= 11 is 0. The van der Waals surface area contributed by atoms with Gasteiger partial charge in [0.15, 0.2) is 0 Å². The number of hydrogen-bond donors (Lipinski definition) is 1. The van der Waals surface area contributed by atoms with Crippen LogP contribution in [0.2, 0.25) is 0 Å². The van der Waals surface area contributed by atoms with Gasteiger partial charge in [0, 0.05) is 6.20 Å². The molecule has 0 saturated carbocycles. The minimum Gasteiger partial charge on any atom is -0.341 e. The first-order valence-electron chi connectivity index (χ1n) is 4.22. The highest BCUT2D eigenvalue weighted by Crippen LogP contribution is 2.17. The molecule has 0 spiro atoms. The molecule has 0 radical (unpaired) electrons. The van der Waals surface area contributed by atoms with Gasteiger partial charge in [-0.3, -0.25) is 4.98 Å². The van der Waals surface area contributed by atoms with E-state index in [4.69, 9.17) is 0 Å². The summed E-state index contributed by atoms with van der Waals surface area (Å²) in [5.41, 5.74) is 2.95. The topological polar surface area (TPSA) is 41.6 Å². The van der Waals surface area contributed by atoms with Crippen molar-refractivity contribution in [1.29, 1.82) is 0 Å². The van der Waals surface area contributed by atoms with Crippen molar-refractivity contribution >= 4 is 0 Å². The van der Waals surface area contributed by atoms with Crippen LogP contribution in [0.3, 0.4) is 0 Å². The van der Waals surface area contributed by atoms with E-state index in [1.165, 1.54) is 0 Å². The van der Waals surface area contributed by atoms with Gasteiger partial charge in [0.25, 0.3) is 0 Å². The molecule has 0 aromatic carbocycles. The van der Waals surface area contributed by atoms with Gasteiger partial charge < -0.3 is 4.98 Å². The van der Waals surface area contributed by atoms with Crippen LogP contribution in [0.25, 0.3) is 11.4 Å². The van der Waals surface area contributed by atoms with Crippen molar-refractivity contribution in [3.05, 3.63) is 35.9 Å². The van der Waals surface area contributed by atoms with Crippen molar-refractivity contribution in [1.82, 2.24) is 15.0 Å². The van der Waals surface area contributed by atoms with Gasteiger partial charge in [0.1, 0.15) is 5.82 Å². The van der Waals surface area contributed by atoms with Crippen LogP contribution < -0.4 is 0 Å². The third kappa shape index (κ3) is 1.45. The third-order valence-electron chi connectivity index (χ3n) is 1.92. The van der Waals surface area contributed by atoms with Gasteiger partial charge >= 0.3 is 0 Å². The highest BCUT2D eigenvalue weighted by Gasteiger charge is 2.05. The number of imidazole rings is 1. The van der Waals surface area contributed by atoms with Crippen molar-refractivity contribution in [3.8, 4) is 11.4 Å². The molecule has 0 atom stereocenters. The Kier molecular flexibility index (Phi) is 1.85. The average Bonchev–Trinajstić information content (AvgIpc) is 2.47. The molecule has 2 aromatic rings. The summed E-state index contributed by atoms with van der Waals surface area (Å²) in [5.74, 6) is 0.929. The molecule has 0 aliphatic carbocycles. The molecule has 0 fully saturated rings. The fraction of sp³-hybridized carbons (Fsp3) is 0.200. The number of aryl methyl sites for hydroxylation is 2. The first-order chi connectivity index (χ1) is 6.27. The summed E-state index contributed by atoms with van der Waals surface area (Å²) in [6.45, 7) is 3.92. The Morgan fingerprint density at radius 3 is 2.62 bits per heavy atom. The van der Waals surface area contributed by atoms with Gasteiger partial charge in [-0.1, -0.05) is 6.07 Å². The highest BCUT2D eigenvalue weighted by atomic mass is 14.9. The van der Waals surface area contributed by atoms with Crippen LogP contribution in [-0.2, 0) is 0 Å². The van der Waals surface area contributed by atoms with E-state index in [-0.39, 0.29) is 0 Å². The molecule has 0 saturated heterocycles. The number of aromatic amines is 1. The Morgan fingerprint density at radius 2 is 2.08 bits per heavy atom. The third-order valence-corrected chi connectivity index (χ3v) is 1.92. The first-order valence-corrected chi connectivity index (χ1v) is 4.22. The second kappa shape index (κ2) is 3.01. The molecular formula is C10H11N3. The maximum atomic E-state index is 4.29. The van der Waals surface area contributed by atoms with Crippen molar-refractivity contribution in [2.75, 3.05) is 0 Å². The standard InChI is InChI=1S/C10H11N3/c1-7-10(13-8(2)12-7)9-5-3-4-6-11-9/h3-6H,1-2H3,(H,12,13). The number of aromatic nitrogens is 3. The maximum absolute atomic E-state index is 4.29. The lowest BCUT2D eigenvalue weighted by molar-refractivity contribution is 1.13. The minimum atomic E-state index is 0.929. The first kappa shape index (κ1) is 7.98. The largest absolute Gasteiger partial charge is 0.341 e. The van der Waals surface area contributed by atoms with Crippen molar-refractivity contribution in [2.45, 2.75) is 13.8 Å². The van der Waals surface area contributed by atoms with E-state index in [0.29, 0.717) is 0 Å². The zero-order valence-corrected chi connectivity index (χ0v) is 7.70. The van der Waals surface area contributed by atoms with Crippen molar-refractivity contribution in [2.24, 2.45) is 0 Å². The molecule has 13 heavy (non-hydrogen) atoms. The summed E-state index contributed by atoms with van der Waals surface area (Å²) in [7, 11) is 0. The monoisotopic (exact) mass is 173 g/mol. The Bertz CT molecular complexity index is 403. The quantitative estimate of drug-likeness (QED) is 0.717. The summed E-state index contributed by atoms with van der Waals surface area (Å²) in [4.78, 5) is 11.7. The van der Waals surface area contributed by atoms with Crippen LogP contribution in [0.15, 0.2) is 24.4 Å². The molecule has 0 bridgehead atoms. The number of nitrogens with zero attached hydrogens (tertiary/aromatic N) is 2. The molecule has 0 unspecified atom stereocenters. The summed E-state index contributed by atoms with van der Waals surface area (Å²) in [6, 6.07) is 5.85. The predicted molar refractivity (Wildman–Crippen MR) is 51.3 cm³/mol. The van der Waals surface area contributed by atoms with Crippen molar-refractivity contribution < 1.29 is 0 Å². The van der Waals surface area contributed by atoms with Crippen molar-refractivity contribution in [3.63, 3.8) is 0 Å². The Morgan fingerprint density at radius 1 is 1.23 bits per heavy atom. The number of nitrogens with one attached hydrogen (secondary N) is 1. The van der Waals surface area contributed by atoms with E-state index in [9.17, 15) is 0 Å². The lowest BCUT2D eigenvalue weighted by Crippen LogP contribution is -1.84. The molecule has 0 aliphatic rings. The van der Waals surface area contributed by atoms with Crippen LogP contribution >= 0.6 is 0 Å². The number of pyridine rings is 1. The van der Waals surface area contributed by atoms with E-state index < -0.39 is 0 Å². The van der Waals surface area contributed by atoms with Crippen LogP contribution in [-0.4, -0.2) is 15.0 Å². The SMILES string of the molecule is Cc1nc(C)c(-c2ccccn2)[nH]1. The lowest BCUT2D eigenvalue weighted by atomic mass is 10.2.